The molecule has 0 aromatic rings. The van der Waals surface area contributed by atoms with Crippen molar-refractivity contribution in [3.05, 3.63) is 0 Å². The van der Waals surface area contributed by atoms with E-state index in [2.05, 4.69) is 6.92 Å². The van der Waals surface area contributed by atoms with Gasteiger partial charge in [-0.15, -0.1) is 0 Å². The third kappa shape index (κ3) is 4.30. The van der Waals surface area contributed by atoms with E-state index in [0.29, 0.717) is 67.0 Å². The van der Waals surface area contributed by atoms with Crippen LogP contribution in [0.1, 0.15) is 116 Å². The summed E-state index contributed by atoms with van der Waals surface area (Å²) in [6, 6.07) is 0. The summed E-state index contributed by atoms with van der Waals surface area (Å²) in [4.78, 5) is 28.0. The number of rotatable bonds is 6. The first-order chi connectivity index (χ1) is 21.8. The van der Waals surface area contributed by atoms with Crippen LogP contribution in [0.2, 0.25) is 0 Å². The van der Waals surface area contributed by atoms with E-state index in [1.165, 1.54) is 6.42 Å². The van der Waals surface area contributed by atoms with Crippen molar-refractivity contribution in [2.24, 2.45) is 63.1 Å². The number of aliphatic hydroxyl groups is 2. The minimum absolute atomic E-state index is 0.0859. The highest BCUT2D eigenvalue weighted by atomic mass is 16.7. The second-order valence-electron chi connectivity index (χ2n) is 20.0. The molecule has 0 aromatic heterocycles. The average molecular weight is 639 g/mol. The summed E-state index contributed by atoms with van der Waals surface area (Å²) >= 11 is 0. The molecule has 12 saturated carbocycles. The van der Waals surface area contributed by atoms with E-state index < -0.39 is 33.2 Å². The maximum Gasteiger partial charge on any atom is 0.312 e. The van der Waals surface area contributed by atoms with Gasteiger partial charge in [0.05, 0.1) is 40.7 Å². The minimum Gasteiger partial charge on any atom is -0.464 e. The molecule has 46 heavy (non-hydrogen) atoms. The predicted molar refractivity (Wildman–Crippen MR) is 165 cm³/mol. The van der Waals surface area contributed by atoms with Crippen molar-refractivity contribution in [1.29, 1.82) is 0 Å². The van der Waals surface area contributed by atoms with E-state index in [9.17, 15) is 19.8 Å². The molecule has 8 nitrogen and oxygen atoms in total. The first kappa shape index (κ1) is 29.7. The van der Waals surface area contributed by atoms with Gasteiger partial charge in [0.2, 0.25) is 0 Å². The van der Waals surface area contributed by atoms with Crippen LogP contribution in [-0.4, -0.2) is 65.6 Å². The molecule has 0 radical (unpaired) electrons. The van der Waals surface area contributed by atoms with E-state index in [-0.39, 0.29) is 25.2 Å². The number of ether oxygens (including phenoxy) is 4. The Morgan fingerprint density at radius 3 is 1.43 bits per heavy atom. The summed E-state index contributed by atoms with van der Waals surface area (Å²) in [5.74, 6) is 2.12. The Hall–Kier alpha value is -1.22. The smallest absolute Gasteiger partial charge is 0.312 e. The van der Waals surface area contributed by atoms with Crippen molar-refractivity contribution in [3.63, 3.8) is 0 Å². The maximum atomic E-state index is 14.0. The lowest BCUT2D eigenvalue weighted by atomic mass is 9.47. The standard InChI is InChI=1S/C38H54O8/c1-32-6-23-4-28(15-32)38(29(5-23)16-32)45-21-33(22-46-38,19-43-30(39)34-7-24-2-25(8-34)12-36(41,11-24)17-34)20-44-31(40)35-9-26-3-27(10-35)14-37(42,13-26)18-35/h23-29,41-42H,2-22H2,1H3. The van der Waals surface area contributed by atoms with Gasteiger partial charge in [0, 0.05) is 11.8 Å². The molecule has 1 heterocycles. The van der Waals surface area contributed by atoms with E-state index >= 15 is 0 Å². The van der Waals surface area contributed by atoms with Gasteiger partial charge >= 0.3 is 11.9 Å². The first-order valence-corrected chi connectivity index (χ1v) is 18.9. The number of carbonyl (C=O) groups is 2. The summed E-state index contributed by atoms with van der Waals surface area (Å²) in [7, 11) is 0. The number of hydrogen-bond acceptors (Lipinski definition) is 8. The van der Waals surface area contributed by atoms with Gasteiger partial charge in [0.25, 0.3) is 0 Å². The van der Waals surface area contributed by atoms with Crippen LogP contribution in [0.15, 0.2) is 0 Å². The molecular weight excluding hydrogens is 584 g/mol. The summed E-state index contributed by atoms with van der Waals surface area (Å²) < 4.78 is 26.4. The van der Waals surface area contributed by atoms with Gasteiger partial charge in [-0.05, 0) is 144 Å². The van der Waals surface area contributed by atoms with Crippen LogP contribution in [0.3, 0.4) is 0 Å². The van der Waals surface area contributed by atoms with Gasteiger partial charge in [-0.1, -0.05) is 6.92 Å². The zero-order chi connectivity index (χ0) is 31.4. The van der Waals surface area contributed by atoms with Crippen LogP contribution < -0.4 is 0 Å². The lowest BCUT2D eigenvalue weighted by Crippen LogP contribution is -2.67. The minimum atomic E-state index is -0.784. The molecule has 6 unspecified atom stereocenters. The van der Waals surface area contributed by atoms with E-state index in [1.54, 1.807) is 0 Å². The Bertz CT molecular complexity index is 1220. The number of hydrogen-bond donors (Lipinski definition) is 2. The van der Waals surface area contributed by atoms with Gasteiger partial charge < -0.3 is 29.2 Å². The third-order valence-electron chi connectivity index (χ3n) is 15.8. The predicted octanol–water partition coefficient (Wildman–Crippen LogP) is 5.31. The molecule has 0 aromatic carbocycles. The van der Waals surface area contributed by atoms with Crippen molar-refractivity contribution in [2.75, 3.05) is 26.4 Å². The quantitative estimate of drug-likeness (QED) is 0.377. The monoisotopic (exact) mass is 638 g/mol. The van der Waals surface area contributed by atoms with E-state index in [0.717, 1.165) is 95.8 Å². The molecule has 6 atom stereocenters. The topological polar surface area (TPSA) is 112 Å². The Morgan fingerprint density at radius 1 is 0.609 bits per heavy atom. The molecule has 12 aliphatic carbocycles. The van der Waals surface area contributed by atoms with Gasteiger partial charge in [0.1, 0.15) is 13.2 Å². The summed E-state index contributed by atoms with van der Waals surface area (Å²) in [5.41, 5.74) is -3.10. The number of esters is 2. The fourth-order valence-electron chi connectivity index (χ4n) is 15.3. The number of carbonyl (C=O) groups excluding carboxylic acids is 2. The molecule has 8 heteroatoms. The van der Waals surface area contributed by atoms with Gasteiger partial charge in [-0.25, -0.2) is 0 Å². The van der Waals surface area contributed by atoms with Gasteiger partial charge in [-0.3, -0.25) is 9.59 Å². The largest absolute Gasteiger partial charge is 0.464 e. The van der Waals surface area contributed by atoms with Crippen molar-refractivity contribution in [1.82, 2.24) is 0 Å². The summed E-state index contributed by atoms with van der Waals surface area (Å²) in [5, 5.41) is 22.6. The van der Waals surface area contributed by atoms with Crippen molar-refractivity contribution < 1.29 is 38.7 Å². The van der Waals surface area contributed by atoms with Crippen molar-refractivity contribution in [3.8, 4) is 0 Å². The molecule has 0 amide bonds. The molecule has 254 valence electrons. The van der Waals surface area contributed by atoms with Gasteiger partial charge in [0.15, 0.2) is 5.79 Å². The molecule has 12 bridgehead atoms. The normalized spacial score (nSPS) is 58.5. The molecule has 1 spiro atoms. The Kier molecular flexibility index (Phi) is 6.00. The molecular formula is C38H54O8. The fourth-order valence-corrected chi connectivity index (χ4v) is 15.3. The lowest BCUT2D eigenvalue weighted by Gasteiger charge is -2.65. The Morgan fingerprint density at radius 2 is 1.04 bits per heavy atom. The maximum absolute atomic E-state index is 14.0. The van der Waals surface area contributed by atoms with Crippen LogP contribution in [0, 0.1) is 63.1 Å². The highest BCUT2D eigenvalue weighted by Crippen LogP contribution is 2.67. The zero-order valence-corrected chi connectivity index (χ0v) is 27.7. The molecule has 13 rings (SSSR count). The molecule has 1 saturated heterocycles. The molecule has 2 N–H and O–H groups in total. The van der Waals surface area contributed by atoms with Crippen LogP contribution >= 0.6 is 0 Å². The van der Waals surface area contributed by atoms with E-state index in [1.807, 2.05) is 0 Å². The third-order valence-corrected chi connectivity index (χ3v) is 15.8. The Labute approximate surface area is 273 Å². The highest BCUT2D eigenvalue weighted by Gasteiger charge is 2.66. The lowest BCUT2D eigenvalue weighted by molar-refractivity contribution is -0.392. The SMILES string of the molecule is CC12CC3CC(C1)C1(OCC(COC(=O)C45CC6CC(CC(O)(C6)C4)C5)(COC(=O)C45CC6CC(CC(O)(C6)C4)C5)CO1)C(C3)C2. The van der Waals surface area contributed by atoms with Crippen molar-refractivity contribution >= 4 is 11.9 Å². The Balaban J connectivity index is 0.885. The first-order valence-electron chi connectivity index (χ1n) is 18.9. The van der Waals surface area contributed by atoms with Gasteiger partial charge in [-0.2, -0.15) is 0 Å². The summed E-state index contributed by atoms with van der Waals surface area (Å²) in [6.07, 6.45) is 15.6. The zero-order valence-electron chi connectivity index (χ0n) is 27.7. The van der Waals surface area contributed by atoms with Crippen molar-refractivity contribution in [2.45, 2.75) is 133 Å². The van der Waals surface area contributed by atoms with E-state index in [4.69, 9.17) is 18.9 Å². The van der Waals surface area contributed by atoms with Crippen LogP contribution in [-0.2, 0) is 28.5 Å². The molecule has 1 aliphatic heterocycles. The molecule has 13 fully saturated rings. The molecule has 13 aliphatic rings. The fraction of sp³-hybridized carbons (Fsp3) is 0.947. The summed E-state index contributed by atoms with van der Waals surface area (Å²) in [6.45, 7) is 3.29. The average Bonchev–Trinajstić information content (AvgIpc) is 2.95. The highest BCUT2D eigenvalue weighted by molar-refractivity contribution is 5.78. The van der Waals surface area contributed by atoms with Crippen LogP contribution in [0.5, 0.6) is 0 Å². The second kappa shape index (κ2) is 9.31. The van der Waals surface area contributed by atoms with Crippen LogP contribution in [0.4, 0.5) is 0 Å². The second-order valence-corrected chi connectivity index (χ2v) is 20.0. The van der Waals surface area contributed by atoms with Crippen LogP contribution in [0.25, 0.3) is 0 Å².